The summed E-state index contributed by atoms with van der Waals surface area (Å²) >= 11 is 0. The molecule has 0 saturated carbocycles. The van der Waals surface area contributed by atoms with Gasteiger partial charge in [-0.3, -0.25) is 4.90 Å². The summed E-state index contributed by atoms with van der Waals surface area (Å²) in [7, 11) is 0. The molecule has 0 bridgehead atoms. The molecule has 2 atom stereocenters. The molecule has 130 valence electrons. The minimum atomic E-state index is -0.434. The number of hydrogen-bond acceptors (Lipinski definition) is 6. The third-order valence-electron chi connectivity index (χ3n) is 4.75. The van der Waals surface area contributed by atoms with Gasteiger partial charge in [-0.1, -0.05) is 18.2 Å². The zero-order chi connectivity index (χ0) is 17.2. The lowest BCUT2D eigenvalue weighted by atomic mass is 10.1. The van der Waals surface area contributed by atoms with Gasteiger partial charge in [-0.25, -0.2) is 19.2 Å². The first kappa shape index (κ1) is 16.0. The van der Waals surface area contributed by atoms with E-state index in [0.717, 1.165) is 32.6 Å². The van der Waals surface area contributed by atoms with Crippen LogP contribution in [-0.2, 0) is 4.74 Å². The Bertz CT molecular complexity index is 741. The van der Waals surface area contributed by atoms with Crippen LogP contribution in [0.25, 0.3) is 0 Å². The summed E-state index contributed by atoms with van der Waals surface area (Å²) in [6.45, 7) is 3.14. The molecule has 2 fully saturated rings. The minimum Gasteiger partial charge on any atom is -0.457 e. The number of fused-ring (bicyclic) bond motifs is 1. The van der Waals surface area contributed by atoms with Crippen molar-refractivity contribution in [3.63, 3.8) is 0 Å². The number of carbonyl (C=O) groups excluding carboxylic acids is 1. The predicted molar refractivity (Wildman–Crippen MR) is 89.8 cm³/mol. The van der Waals surface area contributed by atoms with Gasteiger partial charge in [0.2, 0.25) is 5.95 Å². The van der Waals surface area contributed by atoms with Crippen LogP contribution in [0.15, 0.2) is 42.7 Å². The van der Waals surface area contributed by atoms with Crippen molar-refractivity contribution in [3.05, 3.63) is 54.1 Å². The van der Waals surface area contributed by atoms with Crippen molar-refractivity contribution in [2.75, 3.05) is 31.1 Å². The maximum absolute atomic E-state index is 13.0. The Kier molecular flexibility index (Phi) is 4.31. The molecule has 0 amide bonds. The van der Waals surface area contributed by atoms with E-state index in [0.29, 0.717) is 11.5 Å². The van der Waals surface area contributed by atoms with E-state index < -0.39 is 5.82 Å². The second-order valence-electron chi connectivity index (χ2n) is 6.43. The van der Waals surface area contributed by atoms with Crippen LogP contribution >= 0.6 is 0 Å². The second kappa shape index (κ2) is 6.76. The molecule has 0 spiro atoms. The SMILES string of the molecule is O=C(O[C@H]1C[C@H]2CN(c3ncc(F)cn3)CCN2C1)c1ccccc1. The molecule has 2 aromatic rings. The highest BCUT2D eigenvalue weighted by molar-refractivity contribution is 5.89. The molecule has 3 heterocycles. The summed E-state index contributed by atoms with van der Waals surface area (Å²) < 4.78 is 18.6. The zero-order valence-electron chi connectivity index (χ0n) is 13.7. The molecule has 4 rings (SSSR count). The van der Waals surface area contributed by atoms with Gasteiger partial charge in [0.05, 0.1) is 18.0 Å². The van der Waals surface area contributed by atoms with Gasteiger partial charge in [0.1, 0.15) is 6.10 Å². The van der Waals surface area contributed by atoms with Crippen molar-refractivity contribution in [1.82, 2.24) is 14.9 Å². The molecule has 2 aliphatic heterocycles. The molecular formula is C18H19FN4O2. The third-order valence-corrected chi connectivity index (χ3v) is 4.75. The van der Waals surface area contributed by atoms with E-state index >= 15 is 0 Å². The number of benzene rings is 1. The van der Waals surface area contributed by atoms with E-state index in [-0.39, 0.29) is 18.1 Å². The lowest BCUT2D eigenvalue weighted by molar-refractivity contribution is 0.0323. The quantitative estimate of drug-likeness (QED) is 0.792. The number of aromatic nitrogens is 2. The first-order valence-corrected chi connectivity index (χ1v) is 8.41. The van der Waals surface area contributed by atoms with Crippen LogP contribution in [0.4, 0.5) is 10.3 Å². The Morgan fingerprint density at radius 2 is 1.88 bits per heavy atom. The molecule has 7 heteroatoms. The Morgan fingerprint density at radius 3 is 2.64 bits per heavy atom. The van der Waals surface area contributed by atoms with E-state index in [1.807, 2.05) is 18.2 Å². The fourth-order valence-corrected chi connectivity index (χ4v) is 3.53. The first-order chi connectivity index (χ1) is 12.2. The topological polar surface area (TPSA) is 58.6 Å². The molecule has 0 aliphatic carbocycles. The number of hydrogen-bond donors (Lipinski definition) is 0. The third kappa shape index (κ3) is 3.46. The van der Waals surface area contributed by atoms with Crippen molar-refractivity contribution in [2.24, 2.45) is 0 Å². The molecule has 0 radical (unpaired) electrons. The maximum Gasteiger partial charge on any atom is 0.338 e. The van der Waals surface area contributed by atoms with Crippen molar-refractivity contribution in [1.29, 1.82) is 0 Å². The van der Waals surface area contributed by atoms with E-state index in [4.69, 9.17) is 4.74 Å². The molecule has 0 unspecified atom stereocenters. The molecule has 25 heavy (non-hydrogen) atoms. The Balaban J connectivity index is 1.37. The number of esters is 1. The van der Waals surface area contributed by atoms with Crippen LogP contribution < -0.4 is 4.90 Å². The van der Waals surface area contributed by atoms with Crippen molar-refractivity contribution in [3.8, 4) is 0 Å². The van der Waals surface area contributed by atoms with Crippen LogP contribution in [0.1, 0.15) is 16.8 Å². The molecule has 1 aromatic carbocycles. The Morgan fingerprint density at radius 1 is 1.12 bits per heavy atom. The highest BCUT2D eigenvalue weighted by atomic mass is 19.1. The summed E-state index contributed by atoms with van der Waals surface area (Å²) in [5.74, 6) is -0.161. The smallest absolute Gasteiger partial charge is 0.338 e. The van der Waals surface area contributed by atoms with E-state index in [1.54, 1.807) is 12.1 Å². The molecular weight excluding hydrogens is 323 g/mol. The van der Waals surface area contributed by atoms with E-state index in [1.165, 1.54) is 12.4 Å². The lowest BCUT2D eigenvalue weighted by Crippen LogP contribution is -2.50. The number of nitrogens with zero attached hydrogens (tertiary/aromatic N) is 4. The van der Waals surface area contributed by atoms with Crippen LogP contribution in [0.2, 0.25) is 0 Å². The van der Waals surface area contributed by atoms with Gasteiger partial charge in [-0.05, 0) is 12.1 Å². The van der Waals surface area contributed by atoms with Gasteiger partial charge >= 0.3 is 5.97 Å². The molecule has 2 saturated heterocycles. The monoisotopic (exact) mass is 342 g/mol. The van der Waals surface area contributed by atoms with Gasteiger partial charge < -0.3 is 9.64 Å². The number of ether oxygens (including phenoxy) is 1. The summed E-state index contributed by atoms with van der Waals surface area (Å²) in [6, 6.07) is 9.34. The van der Waals surface area contributed by atoms with Gasteiger partial charge in [-0.15, -0.1) is 0 Å². The number of halogens is 1. The van der Waals surface area contributed by atoms with Crippen molar-refractivity contribution in [2.45, 2.75) is 18.6 Å². The number of carbonyl (C=O) groups is 1. The largest absolute Gasteiger partial charge is 0.457 e. The molecule has 6 nitrogen and oxygen atoms in total. The van der Waals surface area contributed by atoms with Gasteiger partial charge in [0.25, 0.3) is 0 Å². The second-order valence-corrected chi connectivity index (χ2v) is 6.43. The maximum atomic E-state index is 13.0. The van der Waals surface area contributed by atoms with Crippen LogP contribution in [-0.4, -0.2) is 59.2 Å². The highest BCUT2D eigenvalue weighted by Crippen LogP contribution is 2.26. The van der Waals surface area contributed by atoms with E-state index in [2.05, 4.69) is 19.8 Å². The fraction of sp³-hybridized carbons (Fsp3) is 0.389. The average molecular weight is 342 g/mol. The van der Waals surface area contributed by atoms with Crippen LogP contribution in [0.3, 0.4) is 0 Å². The normalized spacial score (nSPS) is 23.3. The van der Waals surface area contributed by atoms with E-state index in [9.17, 15) is 9.18 Å². The highest BCUT2D eigenvalue weighted by Gasteiger charge is 2.38. The summed E-state index contributed by atoms with van der Waals surface area (Å²) in [6.07, 6.45) is 3.06. The fourth-order valence-electron chi connectivity index (χ4n) is 3.53. The predicted octanol–water partition coefficient (Wildman–Crippen LogP) is 1.74. The lowest BCUT2D eigenvalue weighted by Gasteiger charge is -2.37. The summed E-state index contributed by atoms with van der Waals surface area (Å²) in [5, 5.41) is 0. The number of rotatable bonds is 3. The first-order valence-electron chi connectivity index (χ1n) is 8.41. The molecule has 1 aromatic heterocycles. The molecule has 2 aliphatic rings. The Hall–Kier alpha value is -2.54. The number of anilines is 1. The standard InChI is InChI=1S/C18H19FN4O2/c19-14-9-20-18(21-10-14)23-7-6-22-12-16(8-15(22)11-23)25-17(24)13-4-2-1-3-5-13/h1-5,9-10,15-16H,6-8,11-12H2/t15-,16-/m0/s1. The summed E-state index contributed by atoms with van der Waals surface area (Å²) in [5.41, 5.74) is 0.578. The van der Waals surface area contributed by atoms with Crippen LogP contribution in [0.5, 0.6) is 0 Å². The zero-order valence-corrected chi connectivity index (χ0v) is 13.7. The summed E-state index contributed by atoms with van der Waals surface area (Å²) in [4.78, 5) is 24.7. The Labute approximate surface area is 145 Å². The van der Waals surface area contributed by atoms with Crippen LogP contribution in [0, 0.1) is 5.82 Å². The van der Waals surface area contributed by atoms with Gasteiger partial charge in [0.15, 0.2) is 5.82 Å². The minimum absolute atomic E-state index is 0.105. The molecule has 0 N–H and O–H groups in total. The van der Waals surface area contributed by atoms with Gasteiger partial charge in [0, 0.05) is 38.6 Å². The number of piperazine rings is 1. The van der Waals surface area contributed by atoms with Crippen molar-refractivity contribution < 1.29 is 13.9 Å². The van der Waals surface area contributed by atoms with Gasteiger partial charge in [-0.2, -0.15) is 0 Å². The van der Waals surface area contributed by atoms with Crippen molar-refractivity contribution >= 4 is 11.9 Å². The average Bonchev–Trinajstić information content (AvgIpc) is 3.04.